The molecule has 7 rings (SSSR count). The fraction of sp³-hybridized carbons (Fsp3) is 0.393. The Balaban J connectivity index is 1.30. The van der Waals surface area contributed by atoms with Crippen molar-refractivity contribution in [2.75, 3.05) is 0 Å². The highest BCUT2D eigenvalue weighted by Crippen LogP contribution is 2.68. The summed E-state index contributed by atoms with van der Waals surface area (Å²) in [6, 6.07) is 18.6. The first-order valence-electron chi connectivity index (χ1n) is 11.4. The predicted octanol–water partition coefficient (Wildman–Crippen LogP) is 6.39. The van der Waals surface area contributed by atoms with Crippen molar-refractivity contribution in [3.8, 4) is 0 Å². The molecule has 0 amide bonds. The van der Waals surface area contributed by atoms with Crippen molar-refractivity contribution in [3.05, 3.63) is 72.3 Å². The van der Waals surface area contributed by atoms with E-state index in [4.69, 9.17) is 4.74 Å². The Hall–Kier alpha value is -2.61. The number of fused-ring (bicyclic) bond motifs is 11. The van der Waals surface area contributed by atoms with E-state index in [0.29, 0.717) is 11.8 Å². The quantitative estimate of drug-likeness (QED) is 0.218. The summed E-state index contributed by atoms with van der Waals surface area (Å²) >= 11 is 0. The first-order valence-corrected chi connectivity index (χ1v) is 11.4. The van der Waals surface area contributed by atoms with Crippen molar-refractivity contribution < 1.29 is 9.53 Å². The molecule has 2 heteroatoms. The topological polar surface area (TPSA) is 26.3 Å². The van der Waals surface area contributed by atoms with Gasteiger partial charge in [-0.05, 0) is 83.4 Å². The first-order chi connectivity index (χ1) is 14.6. The van der Waals surface area contributed by atoms with Crippen molar-refractivity contribution in [3.63, 3.8) is 0 Å². The SMILES string of the molecule is CC1(OC(=O)c2c3ccccc3cc3ccccc23)CC2CC1C1C3C=CC(C3)C21. The van der Waals surface area contributed by atoms with Crippen LogP contribution >= 0.6 is 0 Å². The molecule has 0 heterocycles. The number of allylic oxidation sites excluding steroid dienone is 2. The zero-order valence-corrected chi connectivity index (χ0v) is 17.3. The van der Waals surface area contributed by atoms with Gasteiger partial charge in [-0.25, -0.2) is 4.79 Å². The molecule has 0 spiro atoms. The van der Waals surface area contributed by atoms with Gasteiger partial charge in [-0.1, -0.05) is 60.7 Å². The average Bonchev–Trinajstić information content (AvgIpc) is 3.50. The van der Waals surface area contributed by atoms with Gasteiger partial charge in [-0.2, -0.15) is 0 Å². The lowest BCUT2D eigenvalue weighted by Gasteiger charge is -2.42. The lowest BCUT2D eigenvalue weighted by atomic mass is 9.68. The molecule has 0 aromatic heterocycles. The van der Waals surface area contributed by atoms with E-state index in [1.165, 1.54) is 12.8 Å². The zero-order valence-electron chi connectivity index (χ0n) is 17.3. The number of rotatable bonds is 2. The normalized spacial score (nSPS) is 37.9. The molecule has 2 nitrogen and oxygen atoms in total. The van der Waals surface area contributed by atoms with Crippen LogP contribution in [0, 0.1) is 35.5 Å². The van der Waals surface area contributed by atoms with E-state index in [1.54, 1.807) is 0 Å². The molecule has 150 valence electrons. The van der Waals surface area contributed by atoms with Gasteiger partial charge in [0.05, 0.1) is 5.56 Å². The van der Waals surface area contributed by atoms with Crippen LogP contribution in [-0.2, 0) is 4.74 Å². The van der Waals surface area contributed by atoms with Crippen LogP contribution in [0.25, 0.3) is 21.5 Å². The van der Waals surface area contributed by atoms with Crippen molar-refractivity contribution in [2.45, 2.75) is 31.8 Å². The molecule has 4 aliphatic rings. The lowest BCUT2D eigenvalue weighted by molar-refractivity contribution is -0.0634. The largest absolute Gasteiger partial charge is 0.455 e. The first kappa shape index (κ1) is 17.1. The maximum Gasteiger partial charge on any atom is 0.339 e. The van der Waals surface area contributed by atoms with Crippen molar-refractivity contribution in [2.24, 2.45) is 35.5 Å². The maximum atomic E-state index is 13.7. The molecule has 3 fully saturated rings. The average molecular weight is 395 g/mol. The van der Waals surface area contributed by atoms with Crippen LogP contribution in [-0.4, -0.2) is 11.6 Å². The molecule has 0 aliphatic heterocycles. The maximum absolute atomic E-state index is 13.7. The number of carbonyl (C=O) groups is 1. The van der Waals surface area contributed by atoms with Gasteiger partial charge in [-0.15, -0.1) is 0 Å². The van der Waals surface area contributed by atoms with Crippen LogP contribution in [0.3, 0.4) is 0 Å². The van der Waals surface area contributed by atoms with Crippen LogP contribution in [0.4, 0.5) is 0 Å². The van der Waals surface area contributed by atoms with Gasteiger partial charge in [0.15, 0.2) is 0 Å². The molecule has 7 unspecified atom stereocenters. The number of hydrogen-bond acceptors (Lipinski definition) is 2. The zero-order chi connectivity index (χ0) is 20.0. The summed E-state index contributed by atoms with van der Waals surface area (Å²) < 4.78 is 6.49. The van der Waals surface area contributed by atoms with Gasteiger partial charge in [0.1, 0.15) is 5.60 Å². The Kier molecular flexibility index (Phi) is 3.28. The van der Waals surface area contributed by atoms with E-state index in [0.717, 1.165) is 57.2 Å². The monoisotopic (exact) mass is 394 g/mol. The molecular formula is C28H26O2. The fourth-order valence-corrected chi connectivity index (χ4v) is 7.93. The summed E-state index contributed by atoms with van der Waals surface area (Å²) in [4.78, 5) is 13.7. The lowest BCUT2D eigenvalue weighted by Crippen LogP contribution is -2.45. The van der Waals surface area contributed by atoms with E-state index in [2.05, 4.69) is 49.4 Å². The predicted molar refractivity (Wildman–Crippen MR) is 119 cm³/mol. The highest BCUT2D eigenvalue weighted by molar-refractivity contribution is 6.16. The molecule has 7 atom stereocenters. The van der Waals surface area contributed by atoms with E-state index < -0.39 is 0 Å². The van der Waals surface area contributed by atoms with E-state index in [-0.39, 0.29) is 11.6 Å². The van der Waals surface area contributed by atoms with Crippen LogP contribution < -0.4 is 0 Å². The molecule has 0 radical (unpaired) electrons. The van der Waals surface area contributed by atoms with Crippen LogP contribution in [0.1, 0.15) is 36.5 Å². The second-order valence-corrected chi connectivity index (χ2v) is 10.3. The summed E-state index contributed by atoms with van der Waals surface area (Å²) in [6.45, 7) is 2.22. The van der Waals surface area contributed by atoms with Crippen molar-refractivity contribution in [1.29, 1.82) is 0 Å². The third-order valence-electron chi connectivity index (χ3n) is 8.90. The van der Waals surface area contributed by atoms with Gasteiger partial charge >= 0.3 is 5.97 Å². The molecular weight excluding hydrogens is 368 g/mol. The third kappa shape index (κ3) is 2.12. The van der Waals surface area contributed by atoms with Crippen LogP contribution in [0.15, 0.2) is 66.7 Å². The standard InChI is InChI=1S/C28H26O2/c1-28(15-20-14-23(28)25-19-11-10-18(13-19)24(20)25)30-27(29)26-21-8-4-2-6-16(21)12-17-7-3-5-9-22(17)26/h2-12,18-20,23-25H,13-15H2,1H3. The minimum Gasteiger partial charge on any atom is -0.455 e. The van der Waals surface area contributed by atoms with Gasteiger partial charge in [0.2, 0.25) is 0 Å². The van der Waals surface area contributed by atoms with Crippen LogP contribution in [0.5, 0.6) is 0 Å². The number of benzene rings is 3. The molecule has 3 aromatic rings. The smallest absolute Gasteiger partial charge is 0.339 e. The Bertz CT molecular complexity index is 1190. The van der Waals surface area contributed by atoms with Gasteiger partial charge in [0, 0.05) is 5.92 Å². The summed E-state index contributed by atoms with van der Waals surface area (Å²) in [5.41, 5.74) is 0.399. The number of esters is 1. The summed E-state index contributed by atoms with van der Waals surface area (Å²) in [7, 11) is 0. The van der Waals surface area contributed by atoms with E-state index in [1.807, 2.05) is 24.3 Å². The third-order valence-corrected chi connectivity index (χ3v) is 8.90. The summed E-state index contributed by atoms with van der Waals surface area (Å²) in [5, 5.41) is 4.18. The second kappa shape index (κ2) is 5.75. The summed E-state index contributed by atoms with van der Waals surface area (Å²) in [6.07, 6.45) is 8.53. The molecule has 30 heavy (non-hydrogen) atoms. The number of hydrogen-bond donors (Lipinski definition) is 0. The Morgan fingerprint density at radius 1 is 0.900 bits per heavy atom. The minimum absolute atomic E-state index is 0.145. The highest BCUT2D eigenvalue weighted by atomic mass is 16.6. The highest BCUT2D eigenvalue weighted by Gasteiger charge is 2.66. The van der Waals surface area contributed by atoms with Crippen LogP contribution in [0.2, 0.25) is 0 Å². The molecule has 3 saturated carbocycles. The fourth-order valence-electron chi connectivity index (χ4n) is 7.93. The molecule has 0 N–H and O–H groups in total. The molecule has 0 saturated heterocycles. The van der Waals surface area contributed by atoms with Gasteiger partial charge in [-0.3, -0.25) is 0 Å². The Morgan fingerprint density at radius 3 is 2.23 bits per heavy atom. The van der Waals surface area contributed by atoms with E-state index in [9.17, 15) is 4.79 Å². The Morgan fingerprint density at radius 2 is 1.53 bits per heavy atom. The van der Waals surface area contributed by atoms with Gasteiger partial charge in [0.25, 0.3) is 0 Å². The molecule has 3 aromatic carbocycles. The Labute approximate surface area is 176 Å². The van der Waals surface area contributed by atoms with Crippen molar-refractivity contribution >= 4 is 27.5 Å². The second-order valence-electron chi connectivity index (χ2n) is 10.3. The van der Waals surface area contributed by atoms with Crippen molar-refractivity contribution in [1.82, 2.24) is 0 Å². The number of carbonyl (C=O) groups excluding carboxylic acids is 1. The van der Waals surface area contributed by atoms with E-state index >= 15 is 0 Å². The molecule has 4 aliphatic carbocycles. The summed E-state index contributed by atoms with van der Waals surface area (Å²) in [5.74, 6) is 4.16. The molecule has 4 bridgehead atoms. The minimum atomic E-state index is -0.334. The van der Waals surface area contributed by atoms with Gasteiger partial charge < -0.3 is 4.74 Å². The number of ether oxygens (including phenoxy) is 1.